The molecular weight excluding hydrogens is 355 g/mol. The van der Waals surface area contributed by atoms with Crippen LogP contribution in [0.3, 0.4) is 0 Å². The van der Waals surface area contributed by atoms with E-state index in [-0.39, 0.29) is 11.7 Å². The van der Waals surface area contributed by atoms with Gasteiger partial charge in [-0.25, -0.2) is 4.39 Å². The summed E-state index contributed by atoms with van der Waals surface area (Å²) in [7, 11) is 0. The lowest BCUT2D eigenvalue weighted by molar-refractivity contribution is -0.117. The van der Waals surface area contributed by atoms with Crippen LogP contribution in [0, 0.1) is 5.82 Å². The molecule has 0 radical (unpaired) electrons. The van der Waals surface area contributed by atoms with Crippen molar-refractivity contribution in [3.63, 3.8) is 0 Å². The number of rotatable bonds is 6. The molecule has 0 N–H and O–H groups in total. The molecule has 3 nitrogen and oxygen atoms in total. The molecule has 0 atom stereocenters. The lowest BCUT2D eigenvalue weighted by atomic mass is 10.3. The van der Waals surface area contributed by atoms with E-state index in [1.54, 1.807) is 17.8 Å². The Morgan fingerprint density at radius 2 is 2.04 bits per heavy atom. The van der Waals surface area contributed by atoms with Gasteiger partial charge in [-0.3, -0.25) is 4.79 Å². The van der Waals surface area contributed by atoms with Crippen LogP contribution in [0.1, 0.15) is 19.8 Å². The van der Waals surface area contributed by atoms with Gasteiger partial charge in [0, 0.05) is 23.6 Å². The molecule has 2 aromatic carbocycles. The molecule has 1 amide bonds. The number of amides is 1. The normalized spacial score (nSPS) is 12.0. The maximum absolute atomic E-state index is 13.5. The average molecular weight is 375 g/mol. The molecule has 25 heavy (non-hydrogen) atoms. The molecule has 0 saturated carbocycles. The van der Waals surface area contributed by atoms with Gasteiger partial charge in [0.05, 0.1) is 10.2 Å². The van der Waals surface area contributed by atoms with Crippen molar-refractivity contribution in [1.82, 2.24) is 4.57 Å². The van der Waals surface area contributed by atoms with E-state index in [1.165, 1.54) is 23.5 Å². The highest BCUT2D eigenvalue weighted by Crippen LogP contribution is 2.20. The van der Waals surface area contributed by atoms with Crippen molar-refractivity contribution < 1.29 is 9.18 Å². The number of thioether (sulfide) groups is 1. The van der Waals surface area contributed by atoms with Crippen LogP contribution >= 0.6 is 23.1 Å². The Hall–Kier alpha value is -1.92. The summed E-state index contributed by atoms with van der Waals surface area (Å²) in [5.41, 5.74) is 0.929. The molecule has 6 heteroatoms. The SMILES string of the molecule is CCCn1c(=NC(=O)CCSc2ccccc2)sc2cc(F)ccc21. The molecule has 0 saturated heterocycles. The Kier molecular flexibility index (Phi) is 6.04. The van der Waals surface area contributed by atoms with E-state index in [2.05, 4.69) is 11.9 Å². The number of hydrogen-bond acceptors (Lipinski definition) is 3. The van der Waals surface area contributed by atoms with Gasteiger partial charge in [-0.2, -0.15) is 4.99 Å². The predicted octanol–water partition coefficient (Wildman–Crippen LogP) is 4.86. The number of thiazole rings is 1. The molecule has 0 fully saturated rings. The number of fused-ring (bicyclic) bond motifs is 1. The Bertz CT molecular complexity index is 931. The molecule has 0 aliphatic rings. The van der Waals surface area contributed by atoms with E-state index in [4.69, 9.17) is 0 Å². The average Bonchev–Trinajstić information content (AvgIpc) is 2.92. The van der Waals surface area contributed by atoms with Gasteiger partial charge in [-0.15, -0.1) is 11.8 Å². The smallest absolute Gasteiger partial charge is 0.249 e. The monoisotopic (exact) mass is 374 g/mol. The Labute approximate surface area is 154 Å². The summed E-state index contributed by atoms with van der Waals surface area (Å²) < 4.78 is 16.3. The van der Waals surface area contributed by atoms with Crippen LogP contribution in [0.4, 0.5) is 4.39 Å². The number of aromatic nitrogens is 1. The van der Waals surface area contributed by atoms with Gasteiger partial charge in [0.1, 0.15) is 5.82 Å². The Balaban J connectivity index is 1.77. The first kappa shape index (κ1) is 17.9. The third-order valence-electron chi connectivity index (χ3n) is 3.64. The first-order valence-electron chi connectivity index (χ1n) is 8.21. The number of aryl methyl sites for hydroxylation is 1. The maximum Gasteiger partial charge on any atom is 0.249 e. The second kappa shape index (κ2) is 8.45. The number of benzene rings is 2. The highest BCUT2D eigenvalue weighted by Gasteiger charge is 2.08. The summed E-state index contributed by atoms with van der Waals surface area (Å²) in [4.78, 5) is 18.3. The summed E-state index contributed by atoms with van der Waals surface area (Å²) in [5, 5.41) is 0. The number of halogens is 1. The van der Waals surface area contributed by atoms with Gasteiger partial charge < -0.3 is 4.57 Å². The van der Waals surface area contributed by atoms with Crippen LogP contribution in [0.2, 0.25) is 0 Å². The summed E-state index contributed by atoms with van der Waals surface area (Å²) in [6.07, 6.45) is 1.31. The third kappa shape index (κ3) is 4.58. The van der Waals surface area contributed by atoms with Crippen molar-refractivity contribution in [3.8, 4) is 0 Å². The van der Waals surface area contributed by atoms with Gasteiger partial charge in [0.15, 0.2) is 4.80 Å². The number of carbonyl (C=O) groups excluding carboxylic acids is 1. The predicted molar refractivity (Wildman–Crippen MR) is 102 cm³/mol. The summed E-state index contributed by atoms with van der Waals surface area (Å²) in [6.45, 7) is 2.83. The summed E-state index contributed by atoms with van der Waals surface area (Å²) >= 11 is 3.01. The zero-order valence-electron chi connectivity index (χ0n) is 13.9. The van der Waals surface area contributed by atoms with Crippen molar-refractivity contribution in [2.24, 2.45) is 4.99 Å². The topological polar surface area (TPSA) is 34.4 Å². The van der Waals surface area contributed by atoms with Crippen molar-refractivity contribution in [2.45, 2.75) is 31.2 Å². The van der Waals surface area contributed by atoms with Crippen LogP contribution in [0.25, 0.3) is 10.2 Å². The van der Waals surface area contributed by atoms with Crippen LogP contribution in [0.15, 0.2) is 58.4 Å². The number of nitrogens with zero attached hydrogens (tertiary/aromatic N) is 2. The molecule has 0 spiro atoms. The maximum atomic E-state index is 13.5. The van der Waals surface area contributed by atoms with E-state index < -0.39 is 0 Å². The Morgan fingerprint density at radius 3 is 2.80 bits per heavy atom. The minimum absolute atomic E-state index is 0.139. The minimum atomic E-state index is -0.269. The molecule has 1 heterocycles. The molecule has 3 rings (SSSR count). The van der Waals surface area contributed by atoms with Crippen LogP contribution < -0.4 is 4.80 Å². The number of hydrogen-bond donors (Lipinski definition) is 0. The van der Waals surface area contributed by atoms with Gasteiger partial charge >= 0.3 is 0 Å². The second-order valence-corrected chi connectivity index (χ2v) is 7.74. The highest BCUT2D eigenvalue weighted by atomic mass is 32.2. The van der Waals surface area contributed by atoms with Gasteiger partial charge in [0.25, 0.3) is 0 Å². The summed E-state index contributed by atoms with van der Waals surface area (Å²) in [6, 6.07) is 14.7. The highest BCUT2D eigenvalue weighted by molar-refractivity contribution is 7.99. The molecule has 0 unspecified atom stereocenters. The molecule has 0 bridgehead atoms. The zero-order valence-corrected chi connectivity index (χ0v) is 15.6. The van der Waals surface area contributed by atoms with E-state index >= 15 is 0 Å². The lowest BCUT2D eigenvalue weighted by Gasteiger charge is -2.02. The third-order valence-corrected chi connectivity index (χ3v) is 5.70. The molecule has 0 aliphatic heterocycles. The van der Waals surface area contributed by atoms with Gasteiger partial charge in [-0.05, 0) is 36.8 Å². The zero-order chi connectivity index (χ0) is 17.6. The molecule has 1 aromatic heterocycles. The quantitative estimate of drug-likeness (QED) is 0.577. The summed E-state index contributed by atoms with van der Waals surface area (Å²) in [5.74, 6) is 0.287. The van der Waals surface area contributed by atoms with Gasteiger partial charge in [-0.1, -0.05) is 36.5 Å². The van der Waals surface area contributed by atoms with Gasteiger partial charge in [0.2, 0.25) is 5.91 Å². The standard InChI is InChI=1S/C19H19FN2OS2/c1-2-11-22-16-9-8-14(20)13-17(16)25-19(22)21-18(23)10-12-24-15-6-4-3-5-7-15/h3-9,13H,2,10-12H2,1H3. The second-order valence-electron chi connectivity index (χ2n) is 5.57. The molecule has 3 aromatic rings. The molecule has 130 valence electrons. The van der Waals surface area contributed by atoms with E-state index in [1.807, 2.05) is 34.9 Å². The van der Waals surface area contributed by atoms with Crippen molar-refractivity contribution in [3.05, 3.63) is 59.1 Å². The first-order valence-corrected chi connectivity index (χ1v) is 10.0. The van der Waals surface area contributed by atoms with Crippen molar-refractivity contribution in [2.75, 3.05) is 5.75 Å². The van der Waals surface area contributed by atoms with E-state index in [0.717, 1.165) is 28.1 Å². The fourth-order valence-corrected chi connectivity index (χ4v) is 4.47. The molecule has 0 aliphatic carbocycles. The first-order chi connectivity index (χ1) is 12.2. The van der Waals surface area contributed by atoms with E-state index in [0.29, 0.717) is 17.0 Å². The van der Waals surface area contributed by atoms with E-state index in [9.17, 15) is 9.18 Å². The lowest BCUT2D eigenvalue weighted by Crippen LogP contribution is -2.16. The number of carbonyl (C=O) groups is 1. The Morgan fingerprint density at radius 1 is 1.24 bits per heavy atom. The van der Waals surface area contributed by atoms with Crippen molar-refractivity contribution in [1.29, 1.82) is 0 Å². The molecular formula is C19H19FN2OS2. The fraction of sp³-hybridized carbons (Fsp3) is 0.263. The van der Waals surface area contributed by atoms with Crippen LogP contribution in [-0.2, 0) is 11.3 Å². The van der Waals surface area contributed by atoms with Crippen molar-refractivity contribution >= 4 is 39.2 Å². The van der Waals surface area contributed by atoms with Crippen LogP contribution in [0.5, 0.6) is 0 Å². The fourth-order valence-electron chi connectivity index (χ4n) is 2.51. The largest absolute Gasteiger partial charge is 0.316 e. The van der Waals surface area contributed by atoms with Crippen LogP contribution in [-0.4, -0.2) is 16.2 Å². The minimum Gasteiger partial charge on any atom is -0.316 e.